The summed E-state index contributed by atoms with van der Waals surface area (Å²) in [5.41, 5.74) is -1.37. The van der Waals surface area contributed by atoms with Crippen molar-refractivity contribution in [3.8, 4) is 5.75 Å². The van der Waals surface area contributed by atoms with Gasteiger partial charge in [-0.2, -0.15) is 5.10 Å². The topological polar surface area (TPSA) is 113 Å². The third kappa shape index (κ3) is 7.14. The third-order valence-corrected chi connectivity index (χ3v) is 6.58. The van der Waals surface area contributed by atoms with Crippen LogP contribution < -0.4 is 10.1 Å². The number of benzene rings is 1. The van der Waals surface area contributed by atoms with E-state index in [-0.39, 0.29) is 31.7 Å². The number of halogens is 3. The first-order chi connectivity index (χ1) is 19.4. The average molecular weight is 576 g/mol. The number of nitrogens with one attached hydrogen (secondary N) is 1. The van der Waals surface area contributed by atoms with Gasteiger partial charge in [0.1, 0.15) is 30.2 Å². The molecule has 10 nitrogen and oxygen atoms in total. The number of hydrogen-bond acceptors (Lipinski definition) is 7. The summed E-state index contributed by atoms with van der Waals surface area (Å²) in [5.74, 6) is -2.05. The van der Waals surface area contributed by atoms with Crippen molar-refractivity contribution in [2.45, 2.75) is 51.7 Å². The molecule has 1 N–H and O–H groups in total. The van der Waals surface area contributed by atoms with Gasteiger partial charge in [-0.15, -0.1) is 0 Å². The van der Waals surface area contributed by atoms with E-state index in [9.17, 15) is 27.6 Å². The maximum atomic E-state index is 14.2. The summed E-state index contributed by atoms with van der Waals surface area (Å²) in [4.78, 5) is 45.7. The van der Waals surface area contributed by atoms with E-state index in [1.807, 2.05) is 0 Å². The Bertz CT molecular complexity index is 1300. The van der Waals surface area contributed by atoms with Gasteiger partial charge in [0.05, 0.1) is 5.71 Å². The number of hydrazone groups is 1. The number of para-hydroxylation sites is 1. The van der Waals surface area contributed by atoms with Gasteiger partial charge in [-0.05, 0) is 45.0 Å². The lowest BCUT2D eigenvalue weighted by Gasteiger charge is -2.40. The summed E-state index contributed by atoms with van der Waals surface area (Å²) in [6, 6.07) is 9.43. The van der Waals surface area contributed by atoms with E-state index >= 15 is 0 Å². The van der Waals surface area contributed by atoms with Crippen LogP contribution in [0.5, 0.6) is 5.75 Å². The number of nitrogens with zero attached hydrogens (tertiary/aromatic N) is 4. The maximum Gasteiger partial charge on any atom is 0.408 e. The van der Waals surface area contributed by atoms with Crippen LogP contribution in [0.4, 0.5) is 18.0 Å². The van der Waals surface area contributed by atoms with Crippen molar-refractivity contribution in [2.75, 3.05) is 26.2 Å². The fourth-order valence-electron chi connectivity index (χ4n) is 4.82. The third-order valence-electron chi connectivity index (χ3n) is 6.58. The standard InChI is InChI=1S/C28H32F3N5O5/c1-27(2,3)41-26(39)33-20(16-40-21-10-5-4-9-19(21)29)24(37)35-13-11-22-28(17-35,14-18-8-6-7-12-32-18)25(38)36(34-22)15-23(30)31/h4-10,12,20,23H,11,13-17H2,1-3H3,(H,33,39)/t20?,28-/m1/s1. The number of carbonyl (C=O) groups excluding carboxylic acids is 3. The molecule has 2 aliphatic heterocycles. The first kappa shape index (κ1) is 29.8. The minimum absolute atomic E-state index is 0.0327. The summed E-state index contributed by atoms with van der Waals surface area (Å²) < 4.78 is 51.6. The number of hydrogen-bond donors (Lipinski definition) is 1. The number of likely N-dealkylation sites (tertiary alicyclic amines) is 1. The van der Waals surface area contributed by atoms with Crippen LogP contribution in [0.25, 0.3) is 0 Å². The van der Waals surface area contributed by atoms with Crippen molar-refractivity contribution in [1.82, 2.24) is 20.2 Å². The molecule has 220 valence electrons. The van der Waals surface area contributed by atoms with Crippen LogP contribution in [0.3, 0.4) is 0 Å². The molecule has 0 radical (unpaired) electrons. The van der Waals surface area contributed by atoms with Gasteiger partial charge in [-0.3, -0.25) is 14.6 Å². The van der Waals surface area contributed by atoms with Gasteiger partial charge in [-0.1, -0.05) is 18.2 Å². The predicted molar refractivity (Wildman–Crippen MR) is 142 cm³/mol. The minimum Gasteiger partial charge on any atom is -0.488 e. The van der Waals surface area contributed by atoms with Crippen molar-refractivity contribution < 1.29 is 37.0 Å². The highest BCUT2D eigenvalue weighted by Crippen LogP contribution is 2.38. The lowest BCUT2D eigenvalue weighted by atomic mass is 9.74. The van der Waals surface area contributed by atoms with E-state index in [1.54, 1.807) is 51.2 Å². The fourth-order valence-corrected chi connectivity index (χ4v) is 4.82. The van der Waals surface area contributed by atoms with Crippen LogP contribution in [-0.4, -0.2) is 82.8 Å². The number of pyridine rings is 1. The Morgan fingerprint density at radius 1 is 1.15 bits per heavy atom. The van der Waals surface area contributed by atoms with Crippen molar-refractivity contribution in [3.05, 3.63) is 60.2 Å². The molecule has 0 spiro atoms. The lowest BCUT2D eigenvalue weighted by Crippen LogP contribution is -2.60. The molecule has 1 fully saturated rings. The van der Waals surface area contributed by atoms with Crippen molar-refractivity contribution in [1.29, 1.82) is 0 Å². The minimum atomic E-state index is -2.80. The SMILES string of the molecule is CC(C)(C)OC(=O)NC(COc1ccccc1F)C(=O)N1CCC2=NN(CC(F)F)C(=O)[C@]2(Cc2ccccn2)C1. The fraction of sp³-hybridized carbons (Fsp3) is 0.464. The zero-order valence-corrected chi connectivity index (χ0v) is 23.0. The number of carbonyl (C=O) groups is 3. The molecule has 0 aliphatic carbocycles. The predicted octanol–water partition coefficient (Wildman–Crippen LogP) is 3.42. The number of alkyl halides is 2. The van der Waals surface area contributed by atoms with Crippen molar-refractivity contribution >= 4 is 23.6 Å². The van der Waals surface area contributed by atoms with Gasteiger partial charge in [0, 0.05) is 37.8 Å². The van der Waals surface area contributed by atoms with E-state index in [0.29, 0.717) is 11.4 Å². The number of piperidine rings is 1. The normalized spacial score (nSPS) is 19.5. The van der Waals surface area contributed by atoms with E-state index < -0.39 is 60.4 Å². The van der Waals surface area contributed by atoms with Gasteiger partial charge in [0.15, 0.2) is 11.6 Å². The molecule has 41 heavy (non-hydrogen) atoms. The number of rotatable bonds is 9. The summed E-state index contributed by atoms with van der Waals surface area (Å²) in [7, 11) is 0. The second kappa shape index (κ2) is 12.1. The Balaban J connectivity index is 1.60. The molecular weight excluding hydrogens is 543 g/mol. The zero-order valence-electron chi connectivity index (χ0n) is 23.0. The molecule has 2 atom stereocenters. The van der Waals surface area contributed by atoms with Crippen molar-refractivity contribution in [3.63, 3.8) is 0 Å². The number of ether oxygens (including phenoxy) is 2. The number of aromatic nitrogens is 1. The van der Waals surface area contributed by atoms with Gasteiger partial charge >= 0.3 is 6.09 Å². The highest BCUT2D eigenvalue weighted by atomic mass is 19.3. The Morgan fingerprint density at radius 3 is 2.54 bits per heavy atom. The molecule has 0 bridgehead atoms. The summed E-state index contributed by atoms with van der Waals surface area (Å²) in [5, 5.41) is 7.46. The zero-order chi connectivity index (χ0) is 29.8. The van der Waals surface area contributed by atoms with Crippen LogP contribution in [0.15, 0.2) is 53.8 Å². The van der Waals surface area contributed by atoms with E-state index in [0.717, 1.165) is 5.01 Å². The highest BCUT2D eigenvalue weighted by molar-refractivity contribution is 6.13. The van der Waals surface area contributed by atoms with Crippen LogP contribution in [0.1, 0.15) is 32.9 Å². The van der Waals surface area contributed by atoms with Crippen LogP contribution in [0, 0.1) is 11.2 Å². The smallest absolute Gasteiger partial charge is 0.408 e. The monoisotopic (exact) mass is 575 g/mol. The summed E-state index contributed by atoms with van der Waals surface area (Å²) >= 11 is 0. The van der Waals surface area contributed by atoms with Crippen LogP contribution >= 0.6 is 0 Å². The molecule has 1 saturated heterocycles. The molecule has 2 aromatic rings. The first-order valence-corrected chi connectivity index (χ1v) is 13.1. The largest absolute Gasteiger partial charge is 0.488 e. The molecule has 2 aliphatic rings. The quantitative estimate of drug-likeness (QED) is 0.491. The number of fused-ring (bicyclic) bond motifs is 1. The molecule has 1 unspecified atom stereocenters. The number of amides is 3. The van der Waals surface area contributed by atoms with Crippen LogP contribution in [-0.2, 0) is 20.7 Å². The van der Waals surface area contributed by atoms with Gasteiger partial charge in [0.2, 0.25) is 5.91 Å². The van der Waals surface area contributed by atoms with Crippen LogP contribution in [0.2, 0.25) is 0 Å². The lowest BCUT2D eigenvalue weighted by molar-refractivity contribution is -0.143. The molecule has 0 saturated carbocycles. The Morgan fingerprint density at radius 2 is 1.88 bits per heavy atom. The Labute approximate surface area is 235 Å². The van der Waals surface area contributed by atoms with E-state index in [2.05, 4.69) is 15.4 Å². The molecule has 13 heteroatoms. The van der Waals surface area contributed by atoms with Gasteiger partial charge < -0.3 is 19.7 Å². The van der Waals surface area contributed by atoms with Crippen molar-refractivity contribution in [2.24, 2.45) is 10.5 Å². The second-order valence-corrected chi connectivity index (χ2v) is 10.9. The average Bonchev–Trinajstić information content (AvgIpc) is 3.16. The molecule has 1 aromatic carbocycles. The second-order valence-electron chi connectivity index (χ2n) is 10.9. The molecule has 4 rings (SSSR count). The van der Waals surface area contributed by atoms with E-state index in [1.165, 1.54) is 23.1 Å². The highest BCUT2D eigenvalue weighted by Gasteiger charge is 2.55. The Kier molecular flexibility index (Phi) is 8.83. The molecule has 1 aromatic heterocycles. The first-order valence-electron chi connectivity index (χ1n) is 13.1. The number of alkyl carbamates (subject to hydrolysis) is 1. The van der Waals surface area contributed by atoms with Gasteiger partial charge in [-0.25, -0.2) is 23.0 Å². The summed E-state index contributed by atoms with van der Waals surface area (Å²) in [6.07, 6.45) is -1.98. The van der Waals surface area contributed by atoms with Gasteiger partial charge in [0.25, 0.3) is 12.3 Å². The molecule has 3 heterocycles. The Hall–Kier alpha value is -4.16. The molecule has 3 amide bonds. The van der Waals surface area contributed by atoms with E-state index in [4.69, 9.17) is 9.47 Å². The molecular formula is C28H32F3N5O5. The maximum absolute atomic E-state index is 14.2. The summed E-state index contributed by atoms with van der Waals surface area (Å²) in [6.45, 7) is 3.57.